The van der Waals surface area contributed by atoms with Crippen LogP contribution in [-0.2, 0) is 28.4 Å². The number of carbonyl (C=O) groups is 1. The summed E-state index contributed by atoms with van der Waals surface area (Å²) in [6.07, 6.45) is 4.22. The molecule has 0 aliphatic carbocycles. The lowest BCUT2D eigenvalue weighted by Crippen LogP contribution is -2.25. The molecule has 3 heterocycles. The number of nitrogens with zero attached hydrogens (tertiary/aromatic N) is 4. The largest absolute Gasteiger partial charge is 0.456 e. The molecule has 0 atom stereocenters. The molecule has 0 saturated carbocycles. The summed E-state index contributed by atoms with van der Waals surface area (Å²) in [5, 5.41) is 6.78. The highest BCUT2D eigenvalue weighted by molar-refractivity contribution is 7.93. The highest BCUT2D eigenvalue weighted by atomic mass is 32.2. The van der Waals surface area contributed by atoms with E-state index in [4.69, 9.17) is 4.74 Å². The molecule has 0 spiro atoms. The van der Waals surface area contributed by atoms with Crippen molar-refractivity contribution in [1.29, 1.82) is 0 Å². The summed E-state index contributed by atoms with van der Waals surface area (Å²) in [5.74, 6) is -0.322. The second-order valence-electron chi connectivity index (χ2n) is 6.41. The van der Waals surface area contributed by atoms with Gasteiger partial charge in [-0.25, -0.2) is 18.2 Å². The van der Waals surface area contributed by atoms with Crippen LogP contribution in [0.3, 0.4) is 0 Å². The lowest BCUT2D eigenvalue weighted by Gasteiger charge is -2.16. The molecule has 10 heteroatoms. The maximum atomic E-state index is 12.3. The molecule has 2 aromatic heterocycles. The first-order chi connectivity index (χ1) is 13.4. The molecule has 1 aliphatic rings. The van der Waals surface area contributed by atoms with Gasteiger partial charge < -0.3 is 4.74 Å². The fourth-order valence-corrected chi connectivity index (χ4v) is 5.30. The van der Waals surface area contributed by atoms with Gasteiger partial charge in [-0.1, -0.05) is 0 Å². The third-order valence-corrected chi connectivity index (χ3v) is 7.15. The first kappa shape index (κ1) is 18.6. The normalized spacial score (nSPS) is 15.7. The number of carbonyl (C=O) groups excluding carboxylic acids is 1. The molecule has 0 amide bonds. The Morgan fingerprint density at radius 1 is 1.29 bits per heavy atom. The number of aryl methyl sites for hydroxylation is 1. The van der Waals surface area contributed by atoms with Crippen LogP contribution in [-0.4, -0.2) is 41.4 Å². The number of sulfonamides is 1. The van der Waals surface area contributed by atoms with E-state index < -0.39 is 16.0 Å². The van der Waals surface area contributed by atoms with E-state index in [0.717, 1.165) is 10.6 Å². The average molecular weight is 419 g/mol. The van der Waals surface area contributed by atoms with Gasteiger partial charge in [0.2, 0.25) is 10.0 Å². The fraction of sp³-hybridized carbons (Fsp3) is 0.278. The Balaban J connectivity index is 1.38. The van der Waals surface area contributed by atoms with Crippen molar-refractivity contribution in [2.75, 3.05) is 16.6 Å². The van der Waals surface area contributed by atoms with E-state index in [0.29, 0.717) is 29.9 Å². The molecule has 0 unspecified atom stereocenters. The van der Waals surface area contributed by atoms with Crippen LogP contribution in [0.1, 0.15) is 22.5 Å². The van der Waals surface area contributed by atoms with Crippen LogP contribution < -0.4 is 4.31 Å². The molecule has 3 aromatic rings. The molecule has 146 valence electrons. The zero-order chi connectivity index (χ0) is 19.7. The van der Waals surface area contributed by atoms with Gasteiger partial charge in [0.05, 0.1) is 28.9 Å². The van der Waals surface area contributed by atoms with Crippen molar-refractivity contribution >= 4 is 33.0 Å². The molecule has 1 fully saturated rings. The van der Waals surface area contributed by atoms with Crippen LogP contribution in [0.5, 0.6) is 0 Å². The second-order valence-corrected chi connectivity index (χ2v) is 9.28. The Hall–Kier alpha value is -2.72. The van der Waals surface area contributed by atoms with E-state index in [9.17, 15) is 13.2 Å². The number of hydrogen-bond acceptors (Lipinski definition) is 7. The molecule has 4 rings (SSSR count). The molecule has 1 saturated heterocycles. The van der Waals surface area contributed by atoms with Gasteiger partial charge in [-0.05, 0) is 30.7 Å². The number of ether oxygens (including phenoxy) is 1. The van der Waals surface area contributed by atoms with Crippen LogP contribution in [0.2, 0.25) is 0 Å². The van der Waals surface area contributed by atoms with Crippen molar-refractivity contribution in [2.45, 2.75) is 13.0 Å². The molecule has 0 N–H and O–H groups in total. The Kier molecular flexibility index (Phi) is 4.90. The maximum absolute atomic E-state index is 12.3. The molecule has 8 nitrogen and oxygen atoms in total. The highest BCUT2D eigenvalue weighted by Crippen LogP contribution is 2.25. The topological polar surface area (TPSA) is 94.4 Å². The van der Waals surface area contributed by atoms with E-state index in [1.54, 1.807) is 35.1 Å². The number of thiazole rings is 1. The number of anilines is 1. The van der Waals surface area contributed by atoms with Gasteiger partial charge in [0, 0.05) is 30.7 Å². The van der Waals surface area contributed by atoms with Gasteiger partial charge >= 0.3 is 5.97 Å². The van der Waals surface area contributed by atoms with Crippen LogP contribution >= 0.6 is 11.3 Å². The summed E-state index contributed by atoms with van der Waals surface area (Å²) in [6, 6.07) is 6.41. The minimum Gasteiger partial charge on any atom is -0.456 e. The SMILES string of the molecule is Cn1cc(-c2nc(COC(=O)c3ccc(N4CCCS4(=O)=O)cc3)cs2)cn1. The minimum atomic E-state index is -3.23. The zero-order valence-electron chi connectivity index (χ0n) is 15.1. The Morgan fingerprint density at radius 3 is 2.71 bits per heavy atom. The van der Waals surface area contributed by atoms with Crippen LogP contribution in [0.15, 0.2) is 42.0 Å². The molecule has 0 bridgehead atoms. The van der Waals surface area contributed by atoms with Gasteiger partial charge in [0.1, 0.15) is 11.6 Å². The Bertz CT molecular complexity index is 1100. The van der Waals surface area contributed by atoms with Crippen molar-refractivity contribution in [1.82, 2.24) is 14.8 Å². The standard InChI is InChI=1S/C18H18N4O4S2/c1-21-10-14(9-19-21)17-20-15(12-27-17)11-26-18(23)13-3-5-16(6-4-13)22-7-2-8-28(22,24)25/h3-6,9-10,12H,2,7-8,11H2,1H3. The van der Waals surface area contributed by atoms with Gasteiger partial charge in [0.25, 0.3) is 0 Å². The van der Waals surface area contributed by atoms with Crippen LogP contribution in [0.4, 0.5) is 5.69 Å². The average Bonchev–Trinajstić information content (AvgIpc) is 3.39. The molecular formula is C18H18N4O4S2. The van der Waals surface area contributed by atoms with Crippen molar-refractivity contribution < 1.29 is 17.9 Å². The summed E-state index contributed by atoms with van der Waals surface area (Å²) in [5.41, 5.74) is 2.51. The van der Waals surface area contributed by atoms with Crippen molar-refractivity contribution in [3.8, 4) is 10.6 Å². The molecular weight excluding hydrogens is 400 g/mol. The minimum absolute atomic E-state index is 0.0673. The molecule has 28 heavy (non-hydrogen) atoms. The van der Waals surface area contributed by atoms with Crippen molar-refractivity contribution in [2.24, 2.45) is 7.05 Å². The summed E-state index contributed by atoms with van der Waals surface area (Å²) >= 11 is 1.46. The zero-order valence-corrected chi connectivity index (χ0v) is 16.7. The van der Waals surface area contributed by atoms with E-state index >= 15 is 0 Å². The number of aromatic nitrogens is 3. The van der Waals surface area contributed by atoms with Gasteiger partial charge in [-0.15, -0.1) is 11.3 Å². The maximum Gasteiger partial charge on any atom is 0.338 e. The van der Waals surface area contributed by atoms with E-state index in [-0.39, 0.29) is 12.4 Å². The Labute approximate surface area is 166 Å². The third-order valence-electron chi connectivity index (χ3n) is 4.34. The number of hydrogen-bond donors (Lipinski definition) is 0. The van der Waals surface area contributed by atoms with Gasteiger partial charge in [-0.2, -0.15) is 5.10 Å². The first-order valence-corrected chi connectivity index (χ1v) is 11.1. The summed E-state index contributed by atoms with van der Waals surface area (Å²) < 4.78 is 32.3. The predicted molar refractivity (Wildman–Crippen MR) is 106 cm³/mol. The molecule has 1 aliphatic heterocycles. The Morgan fingerprint density at radius 2 is 2.07 bits per heavy atom. The van der Waals surface area contributed by atoms with E-state index in [1.165, 1.54) is 15.6 Å². The summed E-state index contributed by atoms with van der Waals surface area (Å²) in [4.78, 5) is 16.7. The number of esters is 1. The molecule has 1 aromatic carbocycles. The lowest BCUT2D eigenvalue weighted by molar-refractivity contribution is 0.0468. The quantitative estimate of drug-likeness (QED) is 0.591. The molecule has 0 radical (unpaired) electrons. The van der Waals surface area contributed by atoms with Crippen molar-refractivity contribution in [3.05, 3.63) is 53.3 Å². The third kappa shape index (κ3) is 3.78. The lowest BCUT2D eigenvalue weighted by atomic mass is 10.2. The summed E-state index contributed by atoms with van der Waals surface area (Å²) in [7, 11) is -1.40. The van der Waals surface area contributed by atoms with E-state index in [1.807, 2.05) is 18.6 Å². The number of benzene rings is 1. The van der Waals surface area contributed by atoms with Gasteiger partial charge in [0.15, 0.2) is 0 Å². The number of rotatable bonds is 5. The summed E-state index contributed by atoms with van der Waals surface area (Å²) in [6.45, 7) is 0.535. The van der Waals surface area contributed by atoms with Gasteiger partial charge in [-0.3, -0.25) is 8.99 Å². The second kappa shape index (κ2) is 7.36. The van der Waals surface area contributed by atoms with Crippen molar-refractivity contribution in [3.63, 3.8) is 0 Å². The van der Waals surface area contributed by atoms with Crippen LogP contribution in [0, 0.1) is 0 Å². The fourth-order valence-electron chi connectivity index (χ4n) is 2.95. The first-order valence-electron chi connectivity index (χ1n) is 8.63. The van der Waals surface area contributed by atoms with E-state index in [2.05, 4.69) is 10.1 Å². The monoisotopic (exact) mass is 418 g/mol. The highest BCUT2D eigenvalue weighted by Gasteiger charge is 2.28. The smallest absolute Gasteiger partial charge is 0.338 e. The predicted octanol–water partition coefficient (Wildman–Crippen LogP) is 2.44. The van der Waals surface area contributed by atoms with Crippen LogP contribution in [0.25, 0.3) is 10.6 Å².